The highest BCUT2D eigenvalue weighted by Gasteiger charge is 2.14. The standard InChI is InChI=1S/C16H14N6O2S/c1-2-22-11-6-4-3-5-9(11)13(23)10(15(22)24)8-19-21-16-20-14(18)12(7-17)25-16/h3-6,8,23H,2,18H2,1H3,(H,20,21)/b19-8-. The Kier molecular flexibility index (Phi) is 4.36. The summed E-state index contributed by atoms with van der Waals surface area (Å²) in [6, 6.07) is 9.03. The van der Waals surface area contributed by atoms with Crippen LogP contribution in [-0.2, 0) is 6.54 Å². The summed E-state index contributed by atoms with van der Waals surface area (Å²) in [5.41, 5.74) is 8.57. The van der Waals surface area contributed by atoms with Gasteiger partial charge in [-0.15, -0.1) is 0 Å². The monoisotopic (exact) mass is 354 g/mol. The number of benzene rings is 1. The second-order valence-corrected chi connectivity index (χ2v) is 6.04. The number of nitrogens with zero attached hydrogens (tertiary/aromatic N) is 4. The molecule has 0 unspecified atom stereocenters. The van der Waals surface area contributed by atoms with Crippen LogP contribution in [0.2, 0.25) is 0 Å². The zero-order chi connectivity index (χ0) is 18.0. The molecule has 0 aliphatic carbocycles. The Balaban J connectivity index is 2.01. The third-order valence-corrected chi connectivity index (χ3v) is 4.49. The number of aromatic nitrogens is 2. The van der Waals surface area contributed by atoms with Gasteiger partial charge in [-0.3, -0.25) is 10.2 Å². The molecule has 2 aromatic heterocycles. The lowest BCUT2D eigenvalue weighted by molar-refractivity contribution is 0.478. The number of rotatable bonds is 4. The van der Waals surface area contributed by atoms with Gasteiger partial charge in [-0.25, -0.2) is 4.98 Å². The number of fused-ring (bicyclic) bond motifs is 1. The maximum atomic E-state index is 12.6. The van der Waals surface area contributed by atoms with E-state index in [9.17, 15) is 9.90 Å². The highest BCUT2D eigenvalue weighted by molar-refractivity contribution is 7.16. The van der Waals surface area contributed by atoms with Crippen LogP contribution >= 0.6 is 11.3 Å². The van der Waals surface area contributed by atoms with Crippen molar-refractivity contribution in [2.75, 3.05) is 11.2 Å². The van der Waals surface area contributed by atoms with Gasteiger partial charge in [-0.05, 0) is 19.1 Å². The van der Waals surface area contributed by atoms with Crippen molar-refractivity contribution in [1.29, 1.82) is 5.26 Å². The van der Waals surface area contributed by atoms with E-state index in [1.807, 2.05) is 19.1 Å². The molecule has 0 aliphatic rings. The SMILES string of the molecule is CCn1c(=O)c(/C=N\Nc2nc(N)c(C#N)s2)c(O)c2ccccc21. The predicted molar refractivity (Wildman–Crippen MR) is 98.0 cm³/mol. The van der Waals surface area contributed by atoms with Crippen LogP contribution in [0.5, 0.6) is 5.75 Å². The molecule has 0 amide bonds. The Bertz CT molecular complexity index is 1080. The average molecular weight is 354 g/mol. The van der Waals surface area contributed by atoms with Gasteiger partial charge in [0, 0.05) is 11.9 Å². The van der Waals surface area contributed by atoms with Gasteiger partial charge in [-0.2, -0.15) is 10.4 Å². The molecule has 0 saturated carbocycles. The minimum Gasteiger partial charge on any atom is -0.506 e. The van der Waals surface area contributed by atoms with Crippen molar-refractivity contribution in [3.63, 3.8) is 0 Å². The van der Waals surface area contributed by atoms with Crippen molar-refractivity contribution in [2.24, 2.45) is 5.10 Å². The summed E-state index contributed by atoms with van der Waals surface area (Å²) in [7, 11) is 0. The predicted octanol–water partition coefficient (Wildman–Crippen LogP) is 2.08. The Morgan fingerprint density at radius 2 is 2.28 bits per heavy atom. The number of nitriles is 1. The molecule has 3 aromatic rings. The van der Waals surface area contributed by atoms with Crippen molar-refractivity contribution >= 4 is 39.4 Å². The van der Waals surface area contributed by atoms with Gasteiger partial charge in [0.05, 0.1) is 11.7 Å². The zero-order valence-electron chi connectivity index (χ0n) is 13.2. The molecule has 0 saturated heterocycles. The van der Waals surface area contributed by atoms with Crippen molar-refractivity contribution in [1.82, 2.24) is 9.55 Å². The fraction of sp³-hybridized carbons (Fsp3) is 0.125. The van der Waals surface area contributed by atoms with Crippen molar-refractivity contribution in [3.8, 4) is 11.8 Å². The number of thiazole rings is 1. The summed E-state index contributed by atoms with van der Waals surface area (Å²) in [6.45, 7) is 2.31. The van der Waals surface area contributed by atoms with E-state index in [1.165, 1.54) is 6.21 Å². The highest BCUT2D eigenvalue weighted by Crippen LogP contribution is 2.26. The van der Waals surface area contributed by atoms with Crippen LogP contribution in [0, 0.1) is 11.3 Å². The molecule has 9 heteroatoms. The summed E-state index contributed by atoms with van der Waals surface area (Å²) >= 11 is 1.05. The highest BCUT2D eigenvalue weighted by atomic mass is 32.1. The molecule has 3 rings (SSSR count). The number of hydrazone groups is 1. The van der Waals surface area contributed by atoms with Crippen LogP contribution in [0.1, 0.15) is 17.4 Å². The molecule has 2 heterocycles. The summed E-state index contributed by atoms with van der Waals surface area (Å²) < 4.78 is 1.56. The smallest absolute Gasteiger partial charge is 0.263 e. The first-order chi connectivity index (χ1) is 12.1. The van der Waals surface area contributed by atoms with Gasteiger partial charge < -0.3 is 15.4 Å². The van der Waals surface area contributed by atoms with Crippen LogP contribution in [0.4, 0.5) is 10.9 Å². The van der Waals surface area contributed by atoms with Crippen molar-refractivity contribution in [2.45, 2.75) is 13.5 Å². The quantitative estimate of drug-likeness (QED) is 0.486. The fourth-order valence-electron chi connectivity index (χ4n) is 2.45. The first kappa shape index (κ1) is 16.5. The maximum absolute atomic E-state index is 12.6. The van der Waals surface area contributed by atoms with Crippen LogP contribution < -0.4 is 16.7 Å². The fourth-order valence-corrected chi connectivity index (χ4v) is 3.08. The molecule has 0 fully saturated rings. The van der Waals surface area contributed by atoms with E-state index < -0.39 is 0 Å². The van der Waals surface area contributed by atoms with E-state index >= 15 is 0 Å². The number of aryl methyl sites for hydroxylation is 1. The van der Waals surface area contributed by atoms with E-state index in [-0.39, 0.29) is 27.6 Å². The van der Waals surface area contributed by atoms with Crippen LogP contribution in [0.25, 0.3) is 10.9 Å². The number of pyridine rings is 1. The van der Waals surface area contributed by atoms with Gasteiger partial charge in [0.15, 0.2) is 10.7 Å². The summed E-state index contributed by atoms with van der Waals surface area (Å²) in [4.78, 5) is 16.8. The summed E-state index contributed by atoms with van der Waals surface area (Å²) in [5, 5.41) is 24.1. The number of hydrogen-bond donors (Lipinski definition) is 3. The molecular formula is C16H14N6O2S. The molecule has 4 N–H and O–H groups in total. The average Bonchev–Trinajstić information content (AvgIpc) is 2.98. The molecule has 126 valence electrons. The van der Waals surface area contributed by atoms with Crippen molar-refractivity contribution in [3.05, 3.63) is 45.1 Å². The minimum absolute atomic E-state index is 0.0677. The molecule has 0 bridgehead atoms. The third-order valence-electron chi connectivity index (χ3n) is 3.61. The van der Waals surface area contributed by atoms with Crippen LogP contribution in [-0.4, -0.2) is 20.9 Å². The van der Waals surface area contributed by atoms with E-state index in [2.05, 4.69) is 15.5 Å². The molecule has 8 nitrogen and oxygen atoms in total. The lowest BCUT2D eigenvalue weighted by atomic mass is 10.1. The molecule has 0 atom stereocenters. The second kappa shape index (κ2) is 6.62. The summed E-state index contributed by atoms with van der Waals surface area (Å²) in [6.07, 6.45) is 1.24. The largest absolute Gasteiger partial charge is 0.506 e. The Morgan fingerprint density at radius 1 is 1.52 bits per heavy atom. The number of nitrogens with two attached hydrogens (primary N) is 1. The Hall–Kier alpha value is -3.38. The second-order valence-electron chi connectivity index (χ2n) is 5.04. The number of para-hydroxylation sites is 1. The van der Waals surface area contributed by atoms with Gasteiger partial charge in [0.25, 0.3) is 5.56 Å². The van der Waals surface area contributed by atoms with Gasteiger partial charge >= 0.3 is 0 Å². The Labute approximate surface area is 146 Å². The number of hydrogen-bond acceptors (Lipinski definition) is 8. The zero-order valence-corrected chi connectivity index (χ0v) is 14.0. The van der Waals surface area contributed by atoms with Gasteiger partial charge in [0.2, 0.25) is 5.13 Å². The lowest BCUT2D eigenvalue weighted by Gasteiger charge is -2.11. The topological polar surface area (TPSA) is 129 Å². The van der Waals surface area contributed by atoms with Crippen LogP contribution in [0.3, 0.4) is 0 Å². The molecular weight excluding hydrogens is 340 g/mol. The number of aromatic hydroxyl groups is 1. The number of anilines is 2. The Morgan fingerprint density at radius 3 is 2.96 bits per heavy atom. The first-order valence-electron chi connectivity index (χ1n) is 7.36. The summed E-state index contributed by atoms with van der Waals surface area (Å²) in [5.74, 6) is -0.0145. The first-order valence-corrected chi connectivity index (χ1v) is 8.18. The minimum atomic E-state index is -0.347. The van der Waals surface area contributed by atoms with E-state index in [1.54, 1.807) is 22.8 Å². The molecule has 0 radical (unpaired) electrons. The van der Waals surface area contributed by atoms with Crippen molar-refractivity contribution < 1.29 is 5.11 Å². The lowest BCUT2D eigenvalue weighted by Crippen LogP contribution is -2.23. The van der Waals surface area contributed by atoms with Gasteiger partial charge in [0.1, 0.15) is 17.4 Å². The maximum Gasteiger partial charge on any atom is 0.263 e. The molecule has 1 aromatic carbocycles. The van der Waals surface area contributed by atoms with E-state index in [4.69, 9.17) is 11.0 Å². The van der Waals surface area contributed by atoms with Crippen LogP contribution in [0.15, 0.2) is 34.2 Å². The third kappa shape index (κ3) is 2.90. The number of nitrogen functional groups attached to an aromatic ring is 1. The molecule has 0 aliphatic heterocycles. The van der Waals surface area contributed by atoms with E-state index in [0.29, 0.717) is 22.6 Å². The number of nitrogens with one attached hydrogen (secondary N) is 1. The molecule has 0 spiro atoms. The molecule has 25 heavy (non-hydrogen) atoms. The van der Waals surface area contributed by atoms with Gasteiger partial charge in [-0.1, -0.05) is 23.5 Å². The van der Waals surface area contributed by atoms with E-state index in [0.717, 1.165) is 11.3 Å². The normalized spacial score (nSPS) is 11.0.